The van der Waals surface area contributed by atoms with E-state index in [2.05, 4.69) is 20.6 Å². The normalized spacial score (nSPS) is 10.8. The highest BCUT2D eigenvalue weighted by Gasteiger charge is 2.13. The van der Waals surface area contributed by atoms with Gasteiger partial charge in [0.15, 0.2) is 0 Å². The lowest BCUT2D eigenvalue weighted by Crippen LogP contribution is -2.31. The minimum atomic E-state index is -0.344. The molecule has 27 heavy (non-hydrogen) atoms. The Labute approximate surface area is 157 Å². The number of fused-ring (bicyclic) bond motifs is 1. The number of likely N-dealkylation sites (N-methyl/N-ethyl adjacent to an activating group) is 1. The summed E-state index contributed by atoms with van der Waals surface area (Å²) in [5, 5.41) is 6.59. The van der Waals surface area contributed by atoms with E-state index in [-0.39, 0.29) is 11.8 Å². The standard InChI is InChI=1S/C20H21N5O2/c1-25(2)10-9-23-19(26)15-11-16(13-21-12-15)20(27)24-17-7-3-5-14-6-4-8-22-18(14)17/h3-8,11-13H,9-10H2,1-2H3,(H,23,26)(H,24,27). The van der Waals surface area contributed by atoms with E-state index < -0.39 is 0 Å². The summed E-state index contributed by atoms with van der Waals surface area (Å²) >= 11 is 0. The van der Waals surface area contributed by atoms with Crippen LogP contribution in [0, 0.1) is 0 Å². The molecule has 7 heteroatoms. The molecule has 0 aliphatic heterocycles. The molecule has 0 saturated carbocycles. The van der Waals surface area contributed by atoms with E-state index in [1.165, 1.54) is 18.5 Å². The Morgan fingerprint density at radius 2 is 1.78 bits per heavy atom. The molecule has 7 nitrogen and oxygen atoms in total. The van der Waals surface area contributed by atoms with Gasteiger partial charge in [-0.3, -0.25) is 19.6 Å². The van der Waals surface area contributed by atoms with Gasteiger partial charge >= 0.3 is 0 Å². The zero-order chi connectivity index (χ0) is 19.2. The summed E-state index contributed by atoms with van der Waals surface area (Å²) in [5.41, 5.74) is 1.97. The number of amides is 2. The van der Waals surface area contributed by atoms with Crippen LogP contribution in [0.3, 0.4) is 0 Å². The fourth-order valence-corrected chi connectivity index (χ4v) is 2.58. The largest absolute Gasteiger partial charge is 0.351 e. The number of carbonyl (C=O) groups excluding carboxylic acids is 2. The van der Waals surface area contributed by atoms with Crippen molar-refractivity contribution in [2.75, 3.05) is 32.5 Å². The van der Waals surface area contributed by atoms with Crippen molar-refractivity contribution in [3.8, 4) is 0 Å². The molecule has 0 spiro atoms. The lowest BCUT2D eigenvalue weighted by atomic mass is 10.1. The molecule has 0 radical (unpaired) electrons. The summed E-state index contributed by atoms with van der Waals surface area (Å²) in [6.45, 7) is 1.25. The van der Waals surface area contributed by atoms with Gasteiger partial charge in [-0.25, -0.2) is 0 Å². The maximum absolute atomic E-state index is 12.6. The van der Waals surface area contributed by atoms with Crippen LogP contribution in [0.4, 0.5) is 5.69 Å². The van der Waals surface area contributed by atoms with E-state index >= 15 is 0 Å². The predicted molar refractivity (Wildman–Crippen MR) is 105 cm³/mol. The molecule has 138 valence electrons. The van der Waals surface area contributed by atoms with Crippen LogP contribution in [0.25, 0.3) is 10.9 Å². The van der Waals surface area contributed by atoms with Crippen molar-refractivity contribution in [2.24, 2.45) is 0 Å². The molecule has 0 atom stereocenters. The number of nitrogens with one attached hydrogen (secondary N) is 2. The Morgan fingerprint density at radius 1 is 1.04 bits per heavy atom. The average Bonchev–Trinajstić information content (AvgIpc) is 2.68. The zero-order valence-electron chi connectivity index (χ0n) is 15.3. The van der Waals surface area contributed by atoms with E-state index in [1.807, 2.05) is 43.3 Å². The third kappa shape index (κ3) is 4.65. The second-order valence-corrected chi connectivity index (χ2v) is 6.36. The van der Waals surface area contributed by atoms with Crippen LogP contribution in [-0.4, -0.2) is 53.9 Å². The number of hydrogen-bond donors (Lipinski definition) is 2. The fraction of sp³-hybridized carbons (Fsp3) is 0.200. The summed E-state index contributed by atoms with van der Waals surface area (Å²) in [6.07, 6.45) is 4.56. The third-order valence-electron chi connectivity index (χ3n) is 3.99. The van der Waals surface area contributed by atoms with Gasteiger partial charge < -0.3 is 15.5 Å². The Bertz CT molecular complexity index is 966. The summed E-state index contributed by atoms with van der Waals surface area (Å²) in [4.78, 5) is 35.2. The monoisotopic (exact) mass is 363 g/mol. The lowest BCUT2D eigenvalue weighted by molar-refractivity contribution is 0.0950. The molecule has 0 saturated heterocycles. The third-order valence-corrected chi connectivity index (χ3v) is 3.99. The van der Waals surface area contributed by atoms with Gasteiger partial charge in [0, 0.05) is 37.1 Å². The van der Waals surface area contributed by atoms with Crippen LogP contribution in [-0.2, 0) is 0 Å². The second-order valence-electron chi connectivity index (χ2n) is 6.36. The van der Waals surface area contributed by atoms with Crippen molar-refractivity contribution in [1.29, 1.82) is 0 Å². The minimum Gasteiger partial charge on any atom is -0.351 e. The number of benzene rings is 1. The molecule has 2 N–H and O–H groups in total. The highest BCUT2D eigenvalue weighted by Crippen LogP contribution is 2.21. The lowest BCUT2D eigenvalue weighted by Gasteiger charge is -2.11. The van der Waals surface area contributed by atoms with Gasteiger partial charge in [-0.1, -0.05) is 18.2 Å². The molecule has 0 aliphatic carbocycles. The van der Waals surface area contributed by atoms with Crippen molar-refractivity contribution in [3.63, 3.8) is 0 Å². The number of carbonyl (C=O) groups is 2. The molecule has 2 aromatic heterocycles. The summed E-state index contributed by atoms with van der Waals surface area (Å²) in [5.74, 6) is -0.602. The van der Waals surface area contributed by atoms with Gasteiger partial charge in [-0.05, 0) is 32.3 Å². The number of aromatic nitrogens is 2. The van der Waals surface area contributed by atoms with Crippen LogP contribution in [0.5, 0.6) is 0 Å². The molecular weight excluding hydrogens is 342 g/mol. The van der Waals surface area contributed by atoms with Gasteiger partial charge in [-0.2, -0.15) is 0 Å². The first-order valence-corrected chi connectivity index (χ1v) is 8.57. The first kappa shape index (κ1) is 18.5. The van der Waals surface area contributed by atoms with Gasteiger partial charge in [-0.15, -0.1) is 0 Å². The van der Waals surface area contributed by atoms with E-state index in [1.54, 1.807) is 12.3 Å². The Kier molecular flexibility index (Phi) is 5.73. The minimum absolute atomic E-state index is 0.258. The maximum Gasteiger partial charge on any atom is 0.257 e. The molecule has 2 amide bonds. The maximum atomic E-state index is 12.6. The first-order valence-electron chi connectivity index (χ1n) is 8.57. The number of rotatable bonds is 6. The smallest absolute Gasteiger partial charge is 0.257 e. The molecular formula is C20H21N5O2. The zero-order valence-corrected chi connectivity index (χ0v) is 15.3. The van der Waals surface area contributed by atoms with Crippen molar-refractivity contribution in [1.82, 2.24) is 20.2 Å². The van der Waals surface area contributed by atoms with Crippen molar-refractivity contribution >= 4 is 28.4 Å². The number of hydrogen-bond acceptors (Lipinski definition) is 5. The van der Waals surface area contributed by atoms with E-state index in [4.69, 9.17) is 0 Å². The van der Waals surface area contributed by atoms with E-state index in [0.717, 1.165) is 11.9 Å². The molecule has 2 heterocycles. The van der Waals surface area contributed by atoms with Gasteiger partial charge in [0.2, 0.25) is 0 Å². The first-order chi connectivity index (χ1) is 13.0. The van der Waals surface area contributed by atoms with Crippen LogP contribution in [0.15, 0.2) is 55.0 Å². The number of anilines is 1. The summed E-state index contributed by atoms with van der Waals surface area (Å²) < 4.78 is 0. The van der Waals surface area contributed by atoms with E-state index in [0.29, 0.717) is 28.9 Å². The van der Waals surface area contributed by atoms with Crippen LogP contribution < -0.4 is 10.6 Å². The topological polar surface area (TPSA) is 87.2 Å². The van der Waals surface area contributed by atoms with Crippen LogP contribution >= 0.6 is 0 Å². The van der Waals surface area contributed by atoms with Crippen molar-refractivity contribution < 1.29 is 9.59 Å². The molecule has 0 aliphatic rings. The van der Waals surface area contributed by atoms with Gasteiger partial charge in [0.1, 0.15) is 0 Å². The fourth-order valence-electron chi connectivity index (χ4n) is 2.58. The Morgan fingerprint density at radius 3 is 2.56 bits per heavy atom. The van der Waals surface area contributed by atoms with E-state index in [9.17, 15) is 9.59 Å². The predicted octanol–water partition coefficient (Wildman–Crippen LogP) is 2.17. The molecule has 0 unspecified atom stereocenters. The molecule has 1 aromatic carbocycles. The highest BCUT2D eigenvalue weighted by atomic mass is 16.2. The average molecular weight is 363 g/mol. The molecule has 3 rings (SSSR count). The van der Waals surface area contributed by atoms with Crippen molar-refractivity contribution in [2.45, 2.75) is 0 Å². The van der Waals surface area contributed by atoms with Gasteiger partial charge in [0.25, 0.3) is 11.8 Å². The van der Waals surface area contributed by atoms with Crippen molar-refractivity contribution in [3.05, 3.63) is 66.1 Å². The second kappa shape index (κ2) is 8.37. The number of nitrogens with zero attached hydrogens (tertiary/aromatic N) is 3. The molecule has 0 bridgehead atoms. The highest BCUT2D eigenvalue weighted by molar-refractivity contribution is 6.09. The number of pyridine rings is 2. The quantitative estimate of drug-likeness (QED) is 0.701. The SMILES string of the molecule is CN(C)CCNC(=O)c1cncc(C(=O)Nc2cccc3cccnc23)c1. The summed E-state index contributed by atoms with van der Waals surface area (Å²) in [6, 6.07) is 10.9. The Hall–Kier alpha value is -3.32. The number of para-hydroxylation sites is 1. The summed E-state index contributed by atoms with van der Waals surface area (Å²) in [7, 11) is 3.86. The molecule has 0 fully saturated rings. The van der Waals surface area contributed by atoms with Crippen LogP contribution in [0.1, 0.15) is 20.7 Å². The Balaban J connectivity index is 1.74. The van der Waals surface area contributed by atoms with Crippen LogP contribution in [0.2, 0.25) is 0 Å². The molecule has 3 aromatic rings. The van der Waals surface area contributed by atoms with Gasteiger partial charge in [0.05, 0.1) is 22.3 Å².